The molecule has 0 spiro atoms. The SMILES string of the molecule is CC(=O)[O-].c1ccc([P+](c2ccccc2)(c2ccccc2)C2CCCC2)cc1. The highest BCUT2D eigenvalue weighted by molar-refractivity contribution is 7.96. The van der Waals surface area contributed by atoms with Crippen molar-refractivity contribution in [1.82, 2.24) is 0 Å². The van der Waals surface area contributed by atoms with Gasteiger partial charge in [0.05, 0.1) is 5.66 Å². The number of carboxylic acids is 1. The molecule has 3 aromatic carbocycles. The molecule has 144 valence electrons. The van der Waals surface area contributed by atoms with E-state index in [0.717, 1.165) is 12.6 Å². The number of hydrogen-bond donors (Lipinski definition) is 0. The smallest absolute Gasteiger partial charge is 0.115 e. The standard InChI is InChI=1S/C23H24P.C2H4O2/c1-4-12-20(13-5-1)24(23-18-10-11-19-23,21-14-6-2-7-15-21)22-16-8-3-9-17-22;1-2(3)4/h1-9,12-17,23H,10-11,18-19H2;1H3,(H,3,4)/q+1;/p-1. The molecule has 0 saturated heterocycles. The van der Waals surface area contributed by atoms with E-state index in [9.17, 15) is 0 Å². The molecule has 1 aliphatic rings. The molecular formula is C25H27O2P. The maximum Gasteiger partial charge on any atom is 0.115 e. The van der Waals surface area contributed by atoms with Crippen LogP contribution in [0.4, 0.5) is 0 Å². The summed E-state index contributed by atoms with van der Waals surface area (Å²) in [5.74, 6) is -1.08. The normalized spacial score (nSPS) is 14.2. The zero-order valence-corrected chi connectivity index (χ0v) is 17.2. The molecule has 1 saturated carbocycles. The first-order chi connectivity index (χ1) is 13.7. The van der Waals surface area contributed by atoms with Crippen molar-refractivity contribution in [3.05, 3.63) is 91.0 Å². The number of carboxylic acid groups (broad SMARTS) is 1. The second kappa shape index (κ2) is 9.66. The van der Waals surface area contributed by atoms with Crippen molar-refractivity contribution in [3.63, 3.8) is 0 Å². The predicted molar refractivity (Wildman–Crippen MR) is 118 cm³/mol. The highest BCUT2D eigenvalue weighted by Gasteiger charge is 2.52. The summed E-state index contributed by atoms with van der Waals surface area (Å²) in [6, 6.07) is 33.9. The Balaban J connectivity index is 0.000000516. The summed E-state index contributed by atoms with van der Waals surface area (Å²) < 4.78 is 0. The third-order valence-electron chi connectivity index (χ3n) is 5.36. The zero-order valence-electron chi connectivity index (χ0n) is 16.3. The fraction of sp³-hybridized carbons (Fsp3) is 0.240. The summed E-state index contributed by atoms with van der Waals surface area (Å²) in [6.07, 6.45) is 5.46. The summed E-state index contributed by atoms with van der Waals surface area (Å²) >= 11 is 0. The Morgan fingerprint density at radius 3 is 1.29 bits per heavy atom. The fourth-order valence-electron chi connectivity index (χ4n) is 4.36. The molecular weight excluding hydrogens is 363 g/mol. The van der Waals surface area contributed by atoms with Crippen molar-refractivity contribution < 1.29 is 9.90 Å². The number of carbonyl (C=O) groups is 1. The molecule has 0 atom stereocenters. The minimum absolute atomic E-state index is 0.768. The Morgan fingerprint density at radius 1 is 0.714 bits per heavy atom. The van der Waals surface area contributed by atoms with Crippen LogP contribution in [0.1, 0.15) is 32.6 Å². The Hall–Kier alpha value is -2.44. The molecule has 4 rings (SSSR count). The summed E-state index contributed by atoms with van der Waals surface area (Å²) in [6.45, 7) is 0.972. The van der Waals surface area contributed by atoms with Crippen LogP contribution < -0.4 is 21.0 Å². The van der Waals surface area contributed by atoms with E-state index >= 15 is 0 Å². The van der Waals surface area contributed by atoms with Crippen LogP contribution in [0.15, 0.2) is 91.0 Å². The first-order valence-electron chi connectivity index (χ1n) is 9.89. The molecule has 0 radical (unpaired) electrons. The van der Waals surface area contributed by atoms with E-state index in [4.69, 9.17) is 9.90 Å². The lowest BCUT2D eigenvalue weighted by molar-refractivity contribution is -0.302. The summed E-state index contributed by atoms with van der Waals surface area (Å²) in [7, 11) is -1.60. The first kappa shape index (κ1) is 20.3. The number of hydrogen-bond acceptors (Lipinski definition) is 2. The van der Waals surface area contributed by atoms with Crippen molar-refractivity contribution in [2.75, 3.05) is 0 Å². The lowest BCUT2D eigenvalue weighted by Gasteiger charge is -2.32. The van der Waals surface area contributed by atoms with E-state index in [-0.39, 0.29) is 0 Å². The summed E-state index contributed by atoms with van der Waals surface area (Å²) in [5, 5.41) is 13.5. The quantitative estimate of drug-likeness (QED) is 0.638. The second-order valence-electron chi connectivity index (χ2n) is 7.16. The van der Waals surface area contributed by atoms with Gasteiger partial charge in [0.1, 0.15) is 23.2 Å². The number of rotatable bonds is 4. The van der Waals surface area contributed by atoms with Crippen LogP contribution in [0.25, 0.3) is 0 Å². The molecule has 28 heavy (non-hydrogen) atoms. The minimum Gasteiger partial charge on any atom is -0.550 e. The average molecular weight is 390 g/mol. The van der Waals surface area contributed by atoms with Crippen molar-refractivity contribution >= 4 is 29.1 Å². The minimum atomic E-state index is -1.60. The molecule has 3 heteroatoms. The van der Waals surface area contributed by atoms with Crippen molar-refractivity contribution in [2.45, 2.75) is 38.3 Å². The van der Waals surface area contributed by atoms with E-state index in [1.54, 1.807) is 0 Å². The maximum atomic E-state index is 8.89. The van der Waals surface area contributed by atoms with Gasteiger partial charge in [-0.1, -0.05) is 54.6 Å². The van der Waals surface area contributed by atoms with Crippen LogP contribution in [-0.4, -0.2) is 11.6 Å². The molecule has 0 aromatic heterocycles. The van der Waals surface area contributed by atoms with E-state index in [0.29, 0.717) is 0 Å². The van der Waals surface area contributed by atoms with Gasteiger partial charge in [-0.05, 0) is 69.0 Å². The maximum absolute atomic E-state index is 8.89. The number of aliphatic carboxylic acids is 1. The molecule has 0 unspecified atom stereocenters. The lowest BCUT2D eigenvalue weighted by atomic mass is 10.3. The molecule has 2 nitrogen and oxygen atoms in total. The first-order valence-corrected chi connectivity index (χ1v) is 11.7. The monoisotopic (exact) mass is 390 g/mol. The Kier molecular flexibility index (Phi) is 7.01. The zero-order chi connectivity index (χ0) is 19.8. The van der Waals surface area contributed by atoms with Gasteiger partial charge in [0.2, 0.25) is 0 Å². The number of carbonyl (C=O) groups excluding carboxylic acids is 1. The Morgan fingerprint density at radius 2 is 1.00 bits per heavy atom. The van der Waals surface area contributed by atoms with Crippen LogP contribution in [-0.2, 0) is 4.79 Å². The molecule has 1 fully saturated rings. The van der Waals surface area contributed by atoms with Gasteiger partial charge in [0, 0.05) is 5.97 Å². The molecule has 0 amide bonds. The van der Waals surface area contributed by atoms with Gasteiger partial charge in [-0.25, -0.2) is 0 Å². The molecule has 0 N–H and O–H groups in total. The third kappa shape index (κ3) is 4.34. The molecule has 0 heterocycles. The molecule has 0 bridgehead atoms. The van der Waals surface area contributed by atoms with Crippen LogP contribution >= 0.6 is 7.26 Å². The number of benzene rings is 3. The van der Waals surface area contributed by atoms with Gasteiger partial charge < -0.3 is 9.90 Å². The molecule has 0 aliphatic heterocycles. The van der Waals surface area contributed by atoms with Crippen LogP contribution in [0.3, 0.4) is 0 Å². The highest BCUT2D eigenvalue weighted by atomic mass is 31.2. The van der Waals surface area contributed by atoms with Crippen molar-refractivity contribution in [3.8, 4) is 0 Å². The Labute approximate surface area is 168 Å². The van der Waals surface area contributed by atoms with E-state index < -0.39 is 13.2 Å². The Bertz CT molecular complexity index is 756. The highest BCUT2D eigenvalue weighted by Crippen LogP contribution is 2.63. The summed E-state index contributed by atoms with van der Waals surface area (Å²) in [5.41, 5.74) is 0.768. The van der Waals surface area contributed by atoms with Crippen molar-refractivity contribution in [1.29, 1.82) is 0 Å². The van der Waals surface area contributed by atoms with Crippen molar-refractivity contribution in [2.24, 2.45) is 0 Å². The van der Waals surface area contributed by atoms with Gasteiger partial charge in [-0.15, -0.1) is 0 Å². The second-order valence-corrected chi connectivity index (χ2v) is 10.9. The van der Waals surface area contributed by atoms with Crippen LogP contribution in [0, 0.1) is 0 Å². The van der Waals surface area contributed by atoms with E-state index in [1.165, 1.54) is 41.6 Å². The lowest BCUT2D eigenvalue weighted by Crippen LogP contribution is -2.37. The molecule has 3 aromatic rings. The fourth-order valence-corrected chi connectivity index (χ4v) is 9.59. The predicted octanol–water partition coefficient (Wildman–Crippen LogP) is 3.68. The van der Waals surface area contributed by atoms with Gasteiger partial charge in [-0.2, -0.15) is 0 Å². The van der Waals surface area contributed by atoms with Gasteiger partial charge in [-0.3, -0.25) is 0 Å². The average Bonchev–Trinajstić information content (AvgIpc) is 3.26. The topological polar surface area (TPSA) is 40.1 Å². The van der Waals surface area contributed by atoms with Gasteiger partial charge in [0.15, 0.2) is 0 Å². The third-order valence-corrected chi connectivity index (χ3v) is 10.3. The van der Waals surface area contributed by atoms with Gasteiger partial charge >= 0.3 is 0 Å². The molecule has 1 aliphatic carbocycles. The largest absolute Gasteiger partial charge is 0.550 e. The van der Waals surface area contributed by atoms with Crippen LogP contribution in [0.5, 0.6) is 0 Å². The summed E-state index contributed by atoms with van der Waals surface area (Å²) in [4.78, 5) is 8.89. The van der Waals surface area contributed by atoms with Crippen LogP contribution in [0.2, 0.25) is 0 Å². The van der Waals surface area contributed by atoms with E-state index in [1.807, 2.05) is 0 Å². The van der Waals surface area contributed by atoms with Gasteiger partial charge in [0.25, 0.3) is 0 Å². The van der Waals surface area contributed by atoms with E-state index in [2.05, 4.69) is 91.0 Å².